The van der Waals surface area contributed by atoms with Crippen LogP contribution in [0.2, 0.25) is 10.0 Å². The van der Waals surface area contributed by atoms with Gasteiger partial charge in [-0.2, -0.15) is 0 Å². The Morgan fingerprint density at radius 2 is 1.35 bits per heavy atom. The van der Waals surface area contributed by atoms with E-state index in [0.717, 1.165) is 11.0 Å². The first-order chi connectivity index (χ1) is 22.6. The number of carbonyl (C=O) groups is 4. The molecule has 2 aliphatic heterocycles. The van der Waals surface area contributed by atoms with Crippen molar-refractivity contribution < 1.29 is 46.2 Å². The van der Waals surface area contributed by atoms with Crippen molar-refractivity contribution in [1.82, 2.24) is 0 Å². The van der Waals surface area contributed by atoms with Gasteiger partial charge in [0.2, 0.25) is 17.6 Å². The van der Waals surface area contributed by atoms with Crippen LogP contribution in [0.25, 0.3) is 0 Å². The number of alkyl halides is 2. The van der Waals surface area contributed by atoms with Crippen molar-refractivity contribution in [3.63, 3.8) is 0 Å². The van der Waals surface area contributed by atoms with Crippen LogP contribution < -0.4 is 9.80 Å². The van der Waals surface area contributed by atoms with Crippen LogP contribution >= 0.6 is 46.4 Å². The minimum Gasteiger partial charge on any atom is -0.508 e. The zero-order chi connectivity index (χ0) is 34.8. The summed E-state index contributed by atoms with van der Waals surface area (Å²) in [4.78, 5) is 51.5. The molecular formula is C32H17Cl4F5N2O5. The Balaban J connectivity index is 1.44. The second kappa shape index (κ2) is 10.9. The molecule has 3 fully saturated rings. The van der Waals surface area contributed by atoms with Crippen LogP contribution in [0.3, 0.4) is 0 Å². The molecular weight excluding hydrogens is 729 g/mol. The molecule has 6 unspecified atom stereocenters. The summed E-state index contributed by atoms with van der Waals surface area (Å²) in [5, 5.41) is 10.2. The van der Waals surface area contributed by atoms with E-state index in [1.165, 1.54) is 42.5 Å². The lowest BCUT2D eigenvalue weighted by atomic mass is 9.56. The van der Waals surface area contributed by atoms with E-state index in [9.17, 15) is 37.5 Å². The number of aromatic hydroxyl groups is 1. The number of fused-ring (bicyclic) bond motifs is 4. The van der Waals surface area contributed by atoms with Gasteiger partial charge < -0.3 is 5.11 Å². The van der Waals surface area contributed by atoms with Crippen molar-refractivity contribution in [3.8, 4) is 5.75 Å². The molecule has 7 rings (SSSR count). The van der Waals surface area contributed by atoms with Gasteiger partial charge in [0.05, 0.1) is 17.5 Å². The molecule has 2 heterocycles. The van der Waals surface area contributed by atoms with Gasteiger partial charge in [0.25, 0.3) is 11.8 Å². The second-order valence-electron chi connectivity index (χ2n) is 11.9. The quantitative estimate of drug-likeness (QED) is 0.0767. The molecule has 0 aromatic heterocycles. The summed E-state index contributed by atoms with van der Waals surface area (Å²) in [5.41, 5.74) is -1.48. The van der Waals surface area contributed by atoms with E-state index < -0.39 is 98.2 Å². The molecule has 2 aliphatic carbocycles. The molecule has 0 bridgehead atoms. The number of allylic oxidation sites excluding steroid dienone is 2. The topological polar surface area (TPSA) is 95.0 Å². The summed E-state index contributed by atoms with van der Waals surface area (Å²) in [7, 11) is 0. The maximum absolute atomic E-state index is 15.1. The molecule has 4 aliphatic rings. The minimum absolute atomic E-state index is 0.0179. The second-order valence-corrected chi connectivity index (χ2v) is 14.0. The normalized spacial score (nSPS) is 29.6. The van der Waals surface area contributed by atoms with E-state index in [4.69, 9.17) is 46.4 Å². The number of phenolic OH excluding ortho intramolecular Hbond substituents is 1. The van der Waals surface area contributed by atoms with Crippen molar-refractivity contribution in [2.75, 3.05) is 9.80 Å². The Morgan fingerprint density at radius 1 is 0.750 bits per heavy atom. The number of nitrogens with zero attached hydrogens (tertiary/aromatic N) is 2. The highest BCUT2D eigenvalue weighted by atomic mass is 35.5. The summed E-state index contributed by atoms with van der Waals surface area (Å²) < 4.78 is 73.0. The van der Waals surface area contributed by atoms with Crippen molar-refractivity contribution >= 4 is 81.4 Å². The van der Waals surface area contributed by atoms with Gasteiger partial charge >= 0.3 is 0 Å². The number of hydrogen-bond donors (Lipinski definition) is 1. The average Bonchev–Trinajstić information content (AvgIpc) is 3.38. The smallest absolute Gasteiger partial charge is 0.258 e. The molecule has 0 radical (unpaired) electrons. The third-order valence-corrected chi connectivity index (χ3v) is 11.6. The monoisotopic (exact) mass is 744 g/mol. The van der Waals surface area contributed by atoms with Crippen molar-refractivity contribution in [2.24, 2.45) is 17.8 Å². The number of hydrogen-bond acceptors (Lipinski definition) is 5. The zero-order valence-electron chi connectivity index (χ0n) is 23.7. The Morgan fingerprint density at radius 3 is 1.96 bits per heavy atom. The van der Waals surface area contributed by atoms with Crippen LogP contribution in [-0.2, 0) is 19.2 Å². The van der Waals surface area contributed by atoms with Crippen LogP contribution in [0.15, 0.2) is 54.1 Å². The molecule has 1 saturated carbocycles. The molecule has 16 heteroatoms. The third kappa shape index (κ3) is 4.12. The van der Waals surface area contributed by atoms with Crippen LogP contribution in [0.1, 0.15) is 24.3 Å². The first-order valence-corrected chi connectivity index (χ1v) is 15.7. The highest BCUT2D eigenvalue weighted by Gasteiger charge is 2.77. The highest BCUT2D eigenvalue weighted by Crippen LogP contribution is 2.66. The zero-order valence-corrected chi connectivity index (χ0v) is 26.7. The van der Waals surface area contributed by atoms with E-state index in [1.54, 1.807) is 0 Å². The van der Waals surface area contributed by atoms with Crippen molar-refractivity contribution in [2.45, 2.75) is 28.5 Å². The predicted molar refractivity (Wildman–Crippen MR) is 163 cm³/mol. The van der Waals surface area contributed by atoms with E-state index in [2.05, 4.69) is 0 Å². The van der Waals surface area contributed by atoms with Gasteiger partial charge in [0.15, 0.2) is 33.0 Å². The molecule has 48 heavy (non-hydrogen) atoms. The Labute approximate surface area is 287 Å². The van der Waals surface area contributed by atoms with Crippen LogP contribution in [0, 0.1) is 46.8 Å². The van der Waals surface area contributed by atoms with Gasteiger partial charge in [-0.05, 0) is 60.7 Å². The molecule has 248 valence electrons. The molecule has 1 N–H and O–H groups in total. The lowest BCUT2D eigenvalue weighted by Gasteiger charge is -2.50. The van der Waals surface area contributed by atoms with E-state index in [0.29, 0.717) is 5.02 Å². The van der Waals surface area contributed by atoms with Crippen LogP contribution in [0.4, 0.5) is 33.3 Å². The average molecular weight is 746 g/mol. The number of anilines is 2. The molecule has 0 spiro atoms. The Bertz CT molecular complexity index is 2020. The fourth-order valence-electron chi connectivity index (χ4n) is 7.51. The molecule has 3 aromatic rings. The first kappa shape index (κ1) is 32.8. The predicted octanol–water partition coefficient (Wildman–Crippen LogP) is 7.16. The molecule has 4 amide bonds. The van der Waals surface area contributed by atoms with Crippen LogP contribution in [-0.4, -0.2) is 38.5 Å². The number of benzene rings is 3. The minimum atomic E-state index is -2.73. The Hall–Kier alpha value is -3.71. The maximum Gasteiger partial charge on any atom is 0.258 e. The summed E-state index contributed by atoms with van der Waals surface area (Å²) in [6.45, 7) is 0. The van der Waals surface area contributed by atoms with Gasteiger partial charge in [-0.25, -0.2) is 26.9 Å². The number of amides is 4. The summed E-state index contributed by atoms with van der Waals surface area (Å²) in [6.07, 6.45) is 0.819. The van der Waals surface area contributed by atoms with Crippen molar-refractivity contribution in [3.05, 3.63) is 98.8 Å². The summed E-state index contributed by atoms with van der Waals surface area (Å²) in [5.74, 6) is -22.0. The van der Waals surface area contributed by atoms with Crippen LogP contribution in [0.5, 0.6) is 5.75 Å². The number of phenols is 1. The number of imide groups is 2. The van der Waals surface area contributed by atoms with E-state index >= 15 is 8.78 Å². The maximum atomic E-state index is 15.1. The number of carbonyl (C=O) groups excluding carboxylic acids is 4. The van der Waals surface area contributed by atoms with Gasteiger partial charge in [0, 0.05) is 16.0 Å². The van der Waals surface area contributed by atoms with E-state index in [-0.39, 0.29) is 38.9 Å². The standard InChI is InChI=1S/C32H17Cl4F5N2O5/c33-11-1-3-12(4-2-11)42-27(45)16-8-7-14-17(19(16)28(42)46)10-31(35)29(47)43(26-24(40)22(38)21(37)23(39)25(26)41)30(48)32(31,36)20(14)15-6-5-13(44)9-18(15)34/h1-7,9,16-17,19-20,44H,8,10H2. The molecule has 3 aromatic carbocycles. The van der Waals surface area contributed by atoms with Crippen molar-refractivity contribution in [1.29, 1.82) is 0 Å². The van der Waals surface area contributed by atoms with Gasteiger partial charge in [-0.1, -0.05) is 40.9 Å². The SMILES string of the molecule is O=C1C2CC=C3C(CC4(Cl)C(=O)N(c5c(F)c(F)c(F)c(F)c5F)C(=O)C4(Cl)C3c3ccc(O)cc3Cl)C2C(=O)N1c1ccc(Cl)cc1. The number of halogens is 9. The molecule has 7 nitrogen and oxygen atoms in total. The lowest BCUT2D eigenvalue weighted by Crippen LogP contribution is -2.60. The highest BCUT2D eigenvalue weighted by molar-refractivity contribution is 6.58. The van der Waals surface area contributed by atoms with Gasteiger partial charge in [-0.3, -0.25) is 24.1 Å². The van der Waals surface area contributed by atoms with Gasteiger partial charge in [0.1, 0.15) is 11.4 Å². The molecule has 6 atom stereocenters. The van der Waals surface area contributed by atoms with Gasteiger partial charge in [-0.15, -0.1) is 23.2 Å². The number of rotatable bonds is 3. The fourth-order valence-corrected chi connectivity index (χ4v) is 8.84. The summed E-state index contributed by atoms with van der Waals surface area (Å²) in [6, 6.07) is 9.36. The molecule has 2 saturated heterocycles. The Kier molecular flexibility index (Phi) is 7.45. The summed E-state index contributed by atoms with van der Waals surface area (Å²) >= 11 is 26.6. The first-order valence-electron chi connectivity index (χ1n) is 14.2. The fraction of sp³-hybridized carbons (Fsp3) is 0.250. The lowest BCUT2D eigenvalue weighted by molar-refractivity contribution is -0.125. The largest absolute Gasteiger partial charge is 0.508 e. The third-order valence-electron chi connectivity index (χ3n) is 9.60. The van der Waals surface area contributed by atoms with E-state index in [1.807, 2.05) is 0 Å².